The lowest BCUT2D eigenvalue weighted by Gasteiger charge is -2.25. The Bertz CT molecular complexity index is 835. The summed E-state index contributed by atoms with van der Waals surface area (Å²) in [6.07, 6.45) is 2.60. The maximum atomic E-state index is 12.4. The average Bonchev–Trinajstić information content (AvgIpc) is 3.33. The number of aromatic nitrogens is 2. The number of hydrogen-bond donors (Lipinski definition) is 2. The number of nitrogens with one attached hydrogen (secondary N) is 2. The summed E-state index contributed by atoms with van der Waals surface area (Å²) >= 11 is 0. The molecule has 6 heteroatoms. The molecule has 2 aromatic heterocycles. The lowest BCUT2D eigenvalue weighted by molar-refractivity contribution is 0.0937. The van der Waals surface area contributed by atoms with E-state index in [2.05, 4.69) is 51.6 Å². The van der Waals surface area contributed by atoms with Gasteiger partial charge in [0.2, 0.25) is 0 Å². The highest BCUT2D eigenvalue weighted by atomic mass is 16.3. The molecule has 1 aromatic carbocycles. The van der Waals surface area contributed by atoms with Gasteiger partial charge in [-0.15, -0.1) is 0 Å². The third-order valence-electron chi connectivity index (χ3n) is 4.45. The minimum atomic E-state index is -0.212. The summed E-state index contributed by atoms with van der Waals surface area (Å²) in [5, 5.41) is 9.88. The largest absolute Gasteiger partial charge is 0.463 e. The number of hydrogen-bond acceptors (Lipinski definition) is 4. The smallest absolute Gasteiger partial charge is 0.271 e. The fourth-order valence-corrected chi connectivity index (χ4v) is 2.85. The van der Waals surface area contributed by atoms with Gasteiger partial charge in [0, 0.05) is 12.6 Å². The monoisotopic (exact) mass is 352 g/mol. The predicted octanol–water partition coefficient (Wildman–Crippen LogP) is 3.26. The second-order valence-corrected chi connectivity index (χ2v) is 6.43. The van der Waals surface area contributed by atoms with E-state index in [4.69, 9.17) is 4.42 Å². The maximum Gasteiger partial charge on any atom is 0.271 e. The van der Waals surface area contributed by atoms with Crippen LogP contribution in [0.2, 0.25) is 0 Å². The zero-order chi connectivity index (χ0) is 18.5. The van der Waals surface area contributed by atoms with Crippen LogP contribution in [0.3, 0.4) is 0 Å². The van der Waals surface area contributed by atoms with E-state index in [1.807, 2.05) is 20.2 Å². The number of benzene rings is 1. The normalized spacial score (nSPS) is 12.3. The number of aromatic amines is 1. The van der Waals surface area contributed by atoms with Gasteiger partial charge in [-0.25, -0.2) is 0 Å². The van der Waals surface area contributed by atoms with Crippen molar-refractivity contribution in [3.63, 3.8) is 0 Å². The van der Waals surface area contributed by atoms with Crippen LogP contribution in [0.1, 0.15) is 34.6 Å². The molecule has 0 spiro atoms. The predicted molar refractivity (Wildman–Crippen MR) is 101 cm³/mol. The number of likely N-dealkylation sites (N-methyl/N-ethyl adjacent to an activating group) is 1. The molecule has 1 unspecified atom stereocenters. The molecule has 136 valence electrons. The van der Waals surface area contributed by atoms with E-state index >= 15 is 0 Å². The molecule has 0 saturated carbocycles. The average molecular weight is 352 g/mol. The molecule has 2 N–H and O–H groups in total. The van der Waals surface area contributed by atoms with Gasteiger partial charge in [0.25, 0.3) is 5.91 Å². The van der Waals surface area contributed by atoms with E-state index in [1.165, 1.54) is 11.1 Å². The van der Waals surface area contributed by atoms with Crippen LogP contribution in [0.5, 0.6) is 0 Å². The molecule has 0 aliphatic carbocycles. The van der Waals surface area contributed by atoms with E-state index in [0.717, 1.165) is 6.42 Å². The molecule has 1 amide bonds. The molecule has 0 aliphatic rings. The molecular formula is C20H24N4O2. The Morgan fingerprint density at radius 3 is 2.65 bits per heavy atom. The SMILES string of the molecule is CCc1ccc(C(CNC(=O)c2cc(-c3ccco3)[nH]n2)N(C)C)cc1. The fourth-order valence-electron chi connectivity index (χ4n) is 2.85. The number of amides is 1. The second kappa shape index (κ2) is 8.01. The molecule has 3 aromatic rings. The van der Waals surface area contributed by atoms with Crippen molar-refractivity contribution in [3.05, 3.63) is 65.5 Å². The molecule has 1 atom stereocenters. The van der Waals surface area contributed by atoms with Crippen LogP contribution in [0, 0.1) is 0 Å². The Morgan fingerprint density at radius 2 is 2.04 bits per heavy atom. The summed E-state index contributed by atoms with van der Waals surface area (Å²) in [6, 6.07) is 13.9. The lowest BCUT2D eigenvalue weighted by atomic mass is 10.0. The highest BCUT2D eigenvalue weighted by Crippen LogP contribution is 2.20. The van der Waals surface area contributed by atoms with Crippen molar-refractivity contribution >= 4 is 5.91 Å². The van der Waals surface area contributed by atoms with Crippen LogP contribution in [0.25, 0.3) is 11.5 Å². The van der Waals surface area contributed by atoms with E-state index in [-0.39, 0.29) is 11.9 Å². The summed E-state index contributed by atoms with van der Waals surface area (Å²) < 4.78 is 5.31. The Balaban J connectivity index is 1.66. The zero-order valence-corrected chi connectivity index (χ0v) is 15.3. The van der Waals surface area contributed by atoms with Crippen molar-refractivity contribution in [2.24, 2.45) is 0 Å². The van der Waals surface area contributed by atoms with Gasteiger partial charge in [0.15, 0.2) is 11.5 Å². The standard InChI is InChI=1S/C20H24N4O2/c1-4-14-7-9-15(10-8-14)18(24(2)3)13-21-20(25)17-12-16(22-23-17)19-6-5-11-26-19/h5-12,18H,4,13H2,1-3H3,(H,21,25)(H,22,23). The molecule has 0 fully saturated rings. The van der Waals surface area contributed by atoms with Crippen LogP contribution in [-0.4, -0.2) is 41.6 Å². The molecule has 0 bridgehead atoms. The number of carbonyl (C=O) groups excluding carboxylic acids is 1. The van der Waals surface area contributed by atoms with Crippen molar-refractivity contribution in [3.8, 4) is 11.5 Å². The molecular weight excluding hydrogens is 328 g/mol. The van der Waals surface area contributed by atoms with Gasteiger partial charge in [0.05, 0.1) is 12.3 Å². The molecule has 0 aliphatic heterocycles. The Kier molecular flexibility index (Phi) is 5.53. The van der Waals surface area contributed by atoms with E-state index in [1.54, 1.807) is 18.4 Å². The van der Waals surface area contributed by atoms with Gasteiger partial charge in [-0.05, 0) is 43.8 Å². The number of carbonyl (C=O) groups is 1. The summed E-state index contributed by atoms with van der Waals surface area (Å²) in [4.78, 5) is 14.5. The van der Waals surface area contributed by atoms with Gasteiger partial charge >= 0.3 is 0 Å². The van der Waals surface area contributed by atoms with Crippen molar-refractivity contribution in [2.45, 2.75) is 19.4 Å². The lowest BCUT2D eigenvalue weighted by Crippen LogP contribution is -2.34. The van der Waals surface area contributed by atoms with Crippen LogP contribution in [0.15, 0.2) is 53.1 Å². The third kappa shape index (κ3) is 4.03. The highest BCUT2D eigenvalue weighted by molar-refractivity contribution is 5.93. The number of H-pyrrole nitrogens is 1. The molecule has 0 saturated heterocycles. The summed E-state index contributed by atoms with van der Waals surface area (Å²) in [5.41, 5.74) is 3.50. The van der Waals surface area contributed by atoms with Gasteiger partial charge in [-0.3, -0.25) is 9.89 Å². The Labute approximate surface area is 153 Å². The first-order chi connectivity index (χ1) is 12.6. The van der Waals surface area contributed by atoms with Crippen LogP contribution in [0.4, 0.5) is 0 Å². The van der Waals surface area contributed by atoms with Gasteiger partial charge in [0.1, 0.15) is 5.69 Å². The van der Waals surface area contributed by atoms with Gasteiger partial charge < -0.3 is 14.6 Å². The fraction of sp³-hybridized carbons (Fsp3) is 0.300. The van der Waals surface area contributed by atoms with Gasteiger partial charge in [-0.1, -0.05) is 31.2 Å². The quantitative estimate of drug-likeness (QED) is 0.684. The summed E-state index contributed by atoms with van der Waals surface area (Å²) in [7, 11) is 4.02. The number of rotatable bonds is 7. The Morgan fingerprint density at radius 1 is 1.27 bits per heavy atom. The number of nitrogens with zero attached hydrogens (tertiary/aromatic N) is 2. The zero-order valence-electron chi connectivity index (χ0n) is 15.3. The van der Waals surface area contributed by atoms with Crippen molar-refractivity contribution in [2.75, 3.05) is 20.6 Å². The Hall–Kier alpha value is -2.86. The van der Waals surface area contributed by atoms with Crippen molar-refractivity contribution < 1.29 is 9.21 Å². The minimum absolute atomic E-state index is 0.0911. The number of furan rings is 1. The first kappa shape index (κ1) is 17.9. The molecule has 0 radical (unpaired) electrons. The van der Waals surface area contributed by atoms with Crippen molar-refractivity contribution in [1.82, 2.24) is 20.4 Å². The maximum absolute atomic E-state index is 12.4. The molecule has 6 nitrogen and oxygen atoms in total. The van der Waals surface area contributed by atoms with Crippen LogP contribution >= 0.6 is 0 Å². The molecule has 3 rings (SSSR count). The first-order valence-electron chi connectivity index (χ1n) is 8.71. The van der Waals surface area contributed by atoms with E-state index in [0.29, 0.717) is 23.7 Å². The van der Waals surface area contributed by atoms with Gasteiger partial charge in [-0.2, -0.15) is 5.10 Å². The second-order valence-electron chi connectivity index (χ2n) is 6.43. The molecule has 2 heterocycles. The summed E-state index contributed by atoms with van der Waals surface area (Å²) in [6.45, 7) is 2.64. The van der Waals surface area contributed by atoms with Crippen LogP contribution < -0.4 is 5.32 Å². The molecule has 26 heavy (non-hydrogen) atoms. The minimum Gasteiger partial charge on any atom is -0.463 e. The highest BCUT2D eigenvalue weighted by Gasteiger charge is 2.18. The van der Waals surface area contributed by atoms with E-state index < -0.39 is 0 Å². The first-order valence-corrected chi connectivity index (χ1v) is 8.71. The van der Waals surface area contributed by atoms with Crippen molar-refractivity contribution in [1.29, 1.82) is 0 Å². The topological polar surface area (TPSA) is 74.2 Å². The third-order valence-corrected chi connectivity index (χ3v) is 4.45. The number of aryl methyl sites for hydroxylation is 1. The van der Waals surface area contributed by atoms with Crippen LogP contribution in [-0.2, 0) is 6.42 Å². The summed E-state index contributed by atoms with van der Waals surface area (Å²) in [5.74, 6) is 0.440. The van der Waals surface area contributed by atoms with E-state index in [9.17, 15) is 4.79 Å².